The molecule has 2 aliphatic heterocycles. The number of fused-ring (bicyclic) bond motifs is 1. The zero-order chi connectivity index (χ0) is 31.1. The second-order valence-electron chi connectivity index (χ2n) is 11.7. The monoisotopic (exact) mass is 588 g/mol. The Morgan fingerprint density at radius 1 is 1.07 bits per heavy atom. The summed E-state index contributed by atoms with van der Waals surface area (Å²) in [5.74, 6) is 1.24. The van der Waals surface area contributed by atoms with Crippen molar-refractivity contribution in [2.75, 3.05) is 36.0 Å². The summed E-state index contributed by atoms with van der Waals surface area (Å²) in [4.78, 5) is 27.4. The van der Waals surface area contributed by atoms with Crippen molar-refractivity contribution in [1.29, 1.82) is 5.26 Å². The van der Waals surface area contributed by atoms with E-state index in [0.717, 1.165) is 17.4 Å². The number of amides is 1. The van der Waals surface area contributed by atoms with Crippen LogP contribution in [0.1, 0.15) is 82.9 Å². The standard InChI is InChI=1S/C26H31F3N6O2.C5H12/c1-17-31-21-16-33(22-8-6-5-7-20(22)26(27,28)29)12-10-19(21)23(32-17)34-13-14-35(18(15-34)9-11-30)24(36)37-25(2,3)4;1-3-5-4-2/h5-8,18H,9-10,12-16H2,1-4H3;3-5H2,1-2H3. The Morgan fingerprint density at radius 3 is 2.36 bits per heavy atom. The molecule has 0 spiro atoms. The van der Waals surface area contributed by atoms with Crippen molar-refractivity contribution in [3.63, 3.8) is 0 Å². The first-order valence-electron chi connectivity index (χ1n) is 14.7. The van der Waals surface area contributed by atoms with Gasteiger partial charge in [-0.3, -0.25) is 0 Å². The van der Waals surface area contributed by atoms with Gasteiger partial charge in [-0.25, -0.2) is 14.8 Å². The molecule has 1 amide bonds. The number of anilines is 2. The molecule has 0 saturated carbocycles. The van der Waals surface area contributed by atoms with E-state index < -0.39 is 23.4 Å². The van der Waals surface area contributed by atoms with E-state index in [4.69, 9.17) is 4.74 Å². The number of nitriles is 1. The molecular formula is C31H43F3N6O2. The predicted octanol–water partition coefficient (Wildman–Crippen LogP) is 6.90. The van der Waals surface area contributed by atoms with Crippen LogP contribution in [0.25, 0.3) is 0 Å². The fourth-order valence-electron chi connectivity index (χ4n) is 5.23. The van der Waals surface area contributed by atoms with E-state index in [9.17, 15) is 23.2 Å². The maximum absolute atomic E-state index is 13.6. The Morgan fingerprint density at radius 2 is 1.76 bits per heavy atom. The molecule has 0 aliphatic carbocycles. The number of para-hydroxylation sites is 1. The minimum Gasteiger partial charge on any atom is -0.444 e. The summed E-state index contributed by atoms with van der Waals surface area (Å²) in [6.07, 6.45) is -0.205. The molecule has 4 rings (SSSR count). The predicted molar refractivity (Wildman–Crippen MR) is 157 cm³/mol. The molecule has 42 heavy (non-hydrogen) atoms. The normalized spacial score (nSPS) is 17.1. The topological polar surface area (TPSA) is 85.6 Å². The van der Waals surface area contributed by atoms with Gasteiger partial charge in [-0.1, -0.05) is 45.2 Å². The van der Waals surface area contributed by atoms with Crippen molar-refractivity contribution >= 4 is 17.6 Å². The average Bonchev–Trinajstić information content (AvgIpc) is 2.92. The molecule has 230 valence electrons. The lowest BCUT2D eigenvalue weighted by Crippen LogP contribution is -2.56. The van der Waals surface area contributed by atoms with E-state index in [1.807, 2.05) is 0 Å². The molecule has 8 nitrogen and oxygen atoms in total. The number of hydrogen-bond acceptors (Lipinski definition) is 7. The Balaban J connectivity index is 0.000000892. The number of nitrogens with zero attached hydrogens (tertiary/aromatic N) is 6. The minimum atomic E-state index is -4.45. The third kappa shape index (κ3) is 8.49. The van der Waals surface area contributed by atoms with Crippen molar-refractivity contribution in [2.24, 2.45) is 0 Å². The number of piperazine rings is 1. The van der Waals surface area contributed by atoms with Gasteiger partial charge in [0.15, 0.2) is 0 Å². The van der Waals surface area contributed by atoms with Crippen LogP contribution in [0.15, 0.2) is 24.3 Å². The van der Waals surface area contributed by atoms with E-state index in [2.05, 4.69) is 34.8 Å². The van der Waals surface area contributed by atoms with Crippen LogP contribution in [0.3, 0.4) is 0 Å². The molecule has 0 radical (unpaired) electrons. The average molecular weight is 589 g/mol. The second-order valence-corrected chi connectivity index (χ2v) is 11.7. The Kier molecular flexibility index (Phi) is 11.0. The molecule has 1 aromatic heterocycles. The fourth-order valence-corrected chi connectivity index (χ4v) is 5.23. The van der Waals surface area contributed by atoms with Crippen molar-refractivity contribution in [2.45, 2.75) is 98.0 Å². The van der Waals surface area contributed by atoms with Crippen LogP contribution >= 0.6 is 0 Å². The van der Waals surface area contributed by atoms with Gasteiger partial charge in [-0.05, 0) is 46.2 Å². The second kappa shape index (κ2) is 14.1. The number of rotatable bonds is 5. The molecule has 1 saturated heterocycles. The number of aryl methyl sites for hydroxylation is 1. The minimum absolute atomic E-state index is 0.138. The molecule has 1 aromatic carbocycles. The van der Waals surface area contributed by atoms with Crippen LogP contribution in [-0.4, -0.2) is 58.8 Å². The third-order valence-corrected chi connectivity index (χ3v) is 7.15. The maximum Gasteiger partial charge on any atom is 0.418 e. The van der Waals surface area contributed by atoms with E-state index >= 15 is 0 Å². The van der Waals surface area contributed by atoms with Gasteiger partial charge in [0.2, 0.25) is 0 Å². The summed E-state index contributed by atoms with van der Waals surface area (Å²) >= 11 is 0. The number of alkyl halides is 3. The quantitative estimate of drug-likeness (QED) is 0.376. The highest BCUT2D eigenvalue weighted by Crippen LogP contribution is 2.39. The number of aromatic nitrogens is 2. The first-order valence-corrected chi connectivity index (χ1v) is 14.7. The van der Waals surface area contributed by atoms with Gasteiger partial charge in [0.1, 0.15) is 17.2 Å². The van der Waals surface area contributed by atoms with Crippen LogP contribution in [-0.2, 0) is 23.9 Å². The number of hydrogen-bond donors (Lipinski definition) is 0. The zero-order valence-corrected chi connectivity index (χ0v) is 25.6. The van der Waals surface area contributed by atoms with E-state index in [-0.39, 0.29) is 24.7 Å². The van der Waals surface area contributed by atoms with Gasteiger partial charge in [-0.2, -0.15) is 18.4 Å². The van der Waals surface area contributed by atoms with Crippen LogP contribution < -0.4 is 9.80 Å². The van der Waals surface area contributed by atoms with Crippen LogP contribution in [0.5, 0.6) is 0 Å². The van der Waals surface area contributed by atoms with Crippen molar-refractivity contribution < 1.29 is 22.7 Å². The van der Waals surface area contributed by atoms with Gasteiger partial charge in [0.25, 0.3) is 0 Å². The van der Waals surface area contributed by atoms with Gasteiger partial charge < -0.3 is 19.4 Å². The first-order chi connectivity index (χ1) is 19.8. The fraction of sp³-hybridized carbons (Fsp3) is 0.613. The lowest BCUT2D eigenvalue weighted by Gasteiger charge is -2.42. The van der Waals surface area contributed by atoms with Crippen LogP contribution in [0, 0.1) is 18.3 Å². The van der Waals surface area contributed by atoms with E-state index in [0.29, 0.717) is 44.1 Å². The van der Waals surface area contributed by atoms with Crippen molar-refractivity contribution in [3.8, 4) is 6.07 Å². The van der Waals surface area contributed by atoms with Crippen molar-refractivity contribution in [3.05, 3.63) is 46.9 Å². The van der Waals surface area contributed by atoms with Crippen molar-refractivity contribution in [1.82, 2.24) is 14.9 Å². The summed E-state index contributed by atoms with van der Waals surface area (Å²) < 4.78 is 46.4. The summed E-state index contributed by atoms with van der Waals surface area (Å²) in [5.41, 5.74) is 0.413. The van der Waals surface area contributed by atoms with Crippen LogP contribution in [0.4, 0.5) is 29.5 Å². The Bertz CT molecular complexity index is 1250. The number of ether oxygens (including phenoxy) is 1. The highest BCUT2D eigenvalue weighted by molar-refractivity contribution is 5.69. The Hall–Kier alpha value is -3.55. The lowest BCUT2D eigenvalue weighted by molar-refractivity contribution is -0.137. The number of benzene rings is 1. The molecule has 3 heterocycles. The Labute approximate surface area is 247 Å². The van der Waals surface area contributed by atoms with Gasteiger partial charge >= 0.3 is 12.3 Å². The summed E-state index contributed by atoms with van der Waals surface area (Å²) in [6.45, 7) is 13.5. The molecule has 0 bridgehead atoms. The lowest BCUT2D eigenvalue weighted by atomic mass is 10.0. The zero-order valence-electron chi connectivity index (χ0n) is 25.6. The van der Waals surface area contributed by atoms with Crippen LogP contribution in [0.2, 0.25) is 0 Å². The van der Waals surface area contributed by atoms with Gasteiger partial charge in [0, 0.05) is 37.4 Å². The number of carbonyl (C=O) groups is 1. The smallest absolute Gasteiger partial charge is 0.418 e. The number of halogens is 3. The first kappa shape index (κ1) is 33.0. The molecule has 0 N–H and O–H groups in total. The third-order valence-electron chi connectivity index (χ3n) is 7.15. The van der Waals surface area contributed by atoms with Gasteiger partial charge in [-0.15, -0.1) is 0 Å². The molecule has 11 heteroatoms. The van der Waals surface area contributed by atoms with E-state index in [1.165, 1.54) is 31.4 Å². The number of unbranched alkanes of at least 4 members (excludes halogenated alkanes) is 2. The summed E-state index contributed by atoms with van der Waals surface area (Å²) in [7, 11) is 0. The molecular weight excluding hydrogens is 545 g/mol. The maximum atomic E-state index is 13.6. The number of carbonyl (C=O) groups excluding carboxylic acids is 1. The van der Waals surface area contributed by atoms with Gasteiger partial charge in [0.05, 0.1) is 36.3 Å². The highest BCUT2D eigenvalue weighted by Gasteiger charge is 2.37. The highest BCUT2D eigenvalue weighted by atomic mass is 19.4. The molecule has 2 aliphatic rings. The largest absolute Gasteiger partial charge is 0.444 e. The molecule has 1 fully saturated rings. The summed E-state index contributed by atoms with van der Waals surface area (Å²) in [5, 5.41) is 9.40. The SMILES string of the molecule is CCCCC.Cc1nc2c(c(N3CCN(C(=O)OC(C)(C)C)C(CC#N)C3)n1)CCN(c1ccccc1C(F)(F)F)C2. The molecule has 1 unspecified atom stereocenters. The summed E-state index contributed by atoms with van der Waals surface area (Å²) in [6, 6.07) is 7.38. The van der Waals surface area contributed by atoms with E-state index in [1.54, 1.807) is 43.6 Å². The molecule has 2 aromatic rings. The molecule has 1 atom stereocenters.